The second-order valence-electron chi connectivity index (χ2n) is 14.8. The lowest BCUT2D eigenvalue weighted by atomic mass is 9.85. The average Bonchev–Trinajstić information content (AvgIpc) is 3.19. The largest absolute Gasteiger partial charge is 0.444 e. The van der Waals surface area contributed by atoms with Gasteiger partial charge in [0.2, 0.25) is 23.5 Å². The van der Waals surface area contributed by atoms with Gasteiger partial charge >= 0.3 is 6.09 Å². The average molecular weight is 675 g/mol. The highest BCUT2D eigenvalue weighted by Gasteiger charge is 2.74. The van der Waals surface area contributed by atoms with Gasteiger partial charge in [-0.15, -0.1) is 29.8 Å². The fraction of sp³-hybridized carbons (Fsp3) is 0.742. The van der Waals surface area contributed by atoms with Gasteiger partial charge < -0.3 is 30.9 Å². The molecule has 5 amide bonds. The van der Waals surface area contributed by atoms with Gasteiger partial charge in [0.25, 0.3) is 5.91 Å². The van der Waals surface area contributed by atoms with Crippen LogP contribution in [0.3, 0.4) is 0 Å². The molecular formula is C31H49Cl2N5O7. The Labute approximate surface area is 276 Å². The molecule has 14 heteroatoms. The molecule has 254 valence electrons. The number of alkyl halides is 2. The summed E-state index contributed by atoms with van der Waals surface area (Å²) in [6, 6.07) is -3.47. The number of nitrogens with one attached hydrogen (secondary N) is 4. The van der Waals surface area contributed by atoms with Crippen molar-refractivity contribution in [2.45, 2.75) is 115 Å². The van der Waals surface area contributed by atoms with Crippen LogP contribution in [0.15, 0.2) is 12.7 Å². The SMILES string of the molecule is C=CCCC(NC(=O)C1[C@@H]2[C@H](CN1C(=O)C(NC(=O)OC(C)(C)C)C(C)(C)C)C2(Cl)Cl)C(=O)C(=O)NCCC(=O)NC(C)(C)C. The summed E-state index contributed by atoms with van der Waals surface area (Å²) in [6.45, 7) is 19.5. The molecule has 2 rings (SSSR count). The molecule has 2 aliphatic rings. The number of carbonyl (C=O) groups is 6. The van der Waals surface area contributed by atoms with E-state index in [4.69, 9.17) is 27.9 Å². The second kappa shape index (κ2) is 14.3. The fourth-order valence-corrected chi connectivity index (χ4v) is 6.03. The third-order valence-corrected chi connectivity index (χ3v) is 8.39. The first-order valence-corrected chi connectivity index (χ1v) is 15.9. The zero-order valence-corrected chi connectivity index (χ0v) is 29.3. The van der Waals surface area contributed by atoms with Gasteiger partial charge in [-0.3, -0.25) is 24.0 Å². The number of nitrogens with zero attached hydrogens (tertiary/aromatic N) is 1. The number of likely N-dealkylation sites (tertiary alicyclic amines) is 1. The molecule has 1 saturated heterocycles. The maximum Gasteiger partial charge on any atom is 0.408 e. The van der Waals surface area contributed by atoms with Crippen molar-refractivity contribution in [3.63, 3.8) is 0 Å². The van der Waals surface area contributed by atoms with E-state index in [2.05, 4.69) is 27.8 Å². The topological polar surface area (TPSA) is 163 Å². The minimum atomic E-state index is -1.26. The summed E-state index contributed by atoms with van der Waals surface area (Å²) in [5, 5.41) is 10.5. The predicted octanol–water partition coefficient (Wildman–Crippen LogP) is 3.00. The number of fused-ring (bicyclic) bond motifs is 1. The van der Waals surface area contributed by atoms with Crippen LogP contribution < -0.4 is 21.3 Å². The van der Waals surface area contributed by atoms with Crippen LogP contribution in [-0.4, -0.2) is 87.1 Å². The van der Waals surface area contributed by atoms with Crippen LogP contribution in [0.5, 0.6) is 0 Å². The monoisotopic (exact) mass is 673 g/mol. The highest BCUT2D eigenvalue weighted by molar-refractivity contribution is 6.51. The van der Waals surface area contributed by atoms with Crippen molar-refractivity contribution in [1.82, 2.24) is 26.2 Å². The van der Waals surface area contributed by atoms with Crippen molar-refractivity contribution in [1.29, 1.82) is 0 Å². The summed E-state index contributed by atoms with van der Waals surface area (Å²) in [6.07, 6.45) is 1.09. The van der Waals surface area contributed by atoms with Crippen LogP contribution >= 0.6 is 23.2 Å². The third-order valence-electron chi connectivity index (χ3n) is 7.33. The van der Waals surface area contributed by atoms with E-state index in [0.717, 1.165) is 0 Å². The first-order chi connectivity index (χ1) is 20.4. The molecule has 4 N–H and O–H groups in total. The van der Waals surface area contributed by atoms with Crippen molar-refractivity contribution in [3.05, 3.63) is 12.7 Å². The minimum absolute atomic E-state index is 0.0397. The summed E-state index contributed by atoms with van der Waals surface area (Å²) in [5.41, 5.74) is -2.03. The number of piperidine rings is 1. The summed E-state index contributed by atoms with van der Waals surface area (Å²) in [5.74, 6) is -4.45. The zero-order chi connectivity index (χ0) is 34.7. The Morgan fingerprint density at radius 3 is 2.11 bits per heavy atom. The summed E-state index contributed by atoms with van der Waals surface area (Å²) in [4.78, 5) is 79.7. The highest BCUT2D eigenvalue weighted by Crippen LogP contribution is 2.65. The minimum Gasteiger partial charge on any atom is -0.444 e. The number of hydrogen-bond acceptors (Lipinski definition) is 7. The molecule has 0 aromatic rings. The van der Waals surface area contributed by atoms with Crippen LogP contribution in [0.25, 0.3) is 0 Å². The zero-order valence-electron chi connectivity index (χ0n) is 27.8. The third kappa shape index (κ3) is 10.6. The Bertz CT molecular complexity index is 1190. The number of Topliss-reactive ketones (excluding diaryl/α,β-unsaturated/α-hetero) is 1. The van der Waals surface area contributed by atoms with E-state index >= 15 is 0 Å². The number of ketones is 1. The standard InChI is InChI=1S/C31H49Cl2N5O7/c1-11-12-13-18(22(40)25(42)34-15-14-19(39)37-29(5,6)7)35-24(41)21-20-17(31(20,32)33)16-38(21)26(43)23(28(2,3)4)36-27(44)45-30(8,9)10/h11,17-18,20-21,23H,1,12-16H2,2-10H3,(H,34,42)(H,35,41)(H,36,44)(H,37,39)/t17-,18?,20-,21?,23?/m0/s1. The van der Waals surface area contributed by atoms with E-state index < -0.39 is 80.4 Å². The number of ether oxygens (including phenoxy) is 1. The van der Waals surface area contributed by atoms with Gasteiger partial charge in [0.1, 0.15) is 22.0 Å². The molecule has 5 atom stereocenters. The molecule has 0 radical (unpaired) electrons. The van der Waals surface area contributed by atoms with Crippen LogP contribution in [0.2, 0.25) is 0 Å². The fourth-order valence-electron chi connectivity index (χ4n) is 5.20. The van der Waals surface area contributed by atoms with E-state index in [0.29, 0.717) is 6.42 Å². The van der Waals surface area contributed by atoms with Crippen molar-refractivity contribution in [2.24, 2.45) is 17.3 Å². The quantitative estimate of drug-likeness (QED) is 0.141. The molecule has 12 nitrogen and oxygen atoms in total. The molecule has 45 heavy (non-hydrogen) atoms. The molecule has 1 saturated carbocycles. The number of halogens is 2. The maximum atomic E-state index is 14.0. The van der Waals surface area contributed by atoms with Gasteiger partial charge in [-0.2, -0.15) is 0 Å². The summed E-state index contributed by atoms with van der Waals surface area (Å²) < 4.78 is 4.10. The van der Waals surface area contributed by atoms with Gasteiger partial charge in [0.05, 0.1) is 6.04 Å². The number of carbonyl (C=O) groups excluding carboxylic acids is 6. The number of hydrogen-bond donors (Lipinski definition) is 4. The van der Waals surface area contributed by atoms with Crippen LogP contribution in [0.4, 0.5) is 4.79 Å². The number of rotatable bonds is 12. The lowest BCUT2D eigenvalue weighted by Gasteiger charge is -2.37. The van der Waals surface area contributed by atoms with Crippen molar-refractivity contribution in [3.8, 4) is 0 Å². The molecule has 2 fully saturated rings. The number of amides is 5. The maximum absolute atomic E-state index is 14.0. The molecule has 0 bridgehead atoms. The Hall–Kier alpha value is -2.86. The molecule has 1 aliphatic carbocycles. The van der Waals surface area contributed by atoms with Crippen LogP contribution in [0.1, 0.15) is 81.6 Å². The number of allylic oxidation sites excluding steroid dienone is 1. The normalized spacial score (nSPS) is 21.8. The highest BCUT2D eigenvalue weighted by atomic mass is 35.5. The molecule has 0 aromatic carbocycles. The summed E-state index contributed by atoms with van der Waals surface area (Å²) in [7, 11) is 0. The van der Waals surface area contributed by atoms with Crippen molar-refractivity contribution < 1.29 is 33.5 Å². The van der Waals surface area contributed by atoms with Gasteiger partial charge in [-0.1, -0.05) is 26.8 Å². The van der Waals surface area contributed by atoms with E-state index in [1.807, 2.05) is 20.8 Å². The molecule has 0 aromatic heterocycles. The van der Waals surface area contributed by atoms with Crippen molar-refractivity contribution in [2.75, 3.05) is 13.1 Å². The molecular weight excluding hydrogens is 625 g/mol. The Morgan fingerprint density at radius 2 is 1.60 bits per heavy atom. The van der Waals surface area contributed by atoms with E-state index in [-0.39, 0.29) is 31.8 Å². The lowest BCUT2D eigenvalue weighted by molar-refractivity contribution is -0.145. The smallest absolute Gasteiger partial charge is 0.408 e. The van der Waals surface area contributed by atoms with Crippen molar-refractivity contribution >= 4 is 58.7 Å². The molecule has 1 aliphatic heterocycles. The molecule has 3 unspecified atom stereocenters. The van der Waals surface area contributed by atoms with E-state index in [9.17, 15) is 28.8 Å². The Balaban J connectivity index is 2.23. The first-order valence-electron chi connectivity index (χ1n) is 15.1. The first kappa shape index (κ1) is 38.3. The second-order valence-corrected chi connectivity index (χ2v) is 16.2. The summed E-state index contributed by atoms with van der Waals surface area (Å²) >= 11 is 13.0. The molecule has 0 spiro atoms. The van der Waals surface area contributed by atoms with Gasteiger partial charge in [0.15, 0.2) is 0 Å². The van der Waals surface area contributed by atoms with Gasteiger partial charge in [-0.25, -0.2) is 4.79 Å². The van der Waals surface area contributed by atoms with E-state index in [1.54, 1.807) is 47.6 Å². The Kier molecular flexibility index (Phi) is 12.2. The Morgan fingerprint density at radius 1 is 1.00 bits per heavy atom. The molecule has 1 heterocycles. The van der Waals surface area contributed by atoms with Gasteiger partial charge in [0, 0.05) is 36.9 Å². The number of alkyl carbamates (subject to hydrolysis) is 1. The lowest BCUT2D eigenvalue weighted by Crippen LogP contribution is -2.61. The predicted molar refractivity (Wildman–Crippen MR) is 171 cm³/mol. The van der Waals surface area contributed by atoms with Gasteiger partial charge in [-0.05, 0) is 59.8 Å². The van der Waals surface area contributed by atoms with Crippen LogP contribution in [0, 0.1) is 17.3 Å². The van der Waals surface area contributed by atoms with E-state index in [1.165, 1.54) is 4.90 Å². The van der Waals surface area contributed by atoms with Crippen LogP contribution in [-0.2, 0) is 28.7 Å².